The molecule has 1 aliphatic heterocycles. The number of aryl methyl sites for hydroxylation is 1. The van der Waals surface area contributed by atoms with Crippen molar-refractivity contribution in [3.8, 4) is 0 Å². The van der Waals surface area contributed by atoms with E-state index in [9.17, 15) is 8.42 Å². The standard InChI is InChI=1S/C15H24N2O2S2/c1-11-7-13(9-16-3)8-15(12(11)2)21(18,19)17-10-14-5-4-6-20-14/h7-8,14,16-17H,4-6,9-10H2,1-3H3. The molecule has 1 aromatic rings. The number of rotatable bonds is 6. The van der Waals surface area contributed by atoms with Crippen LogP contribution in [0.3, 0.4) is 0 Å². The summed E-state index contributed by atoms with van der Waals surface area (Å²) in [6, 6.07) is 3.82. The molecule has 1 aromatic carbocycles. The van der Waals surface area contributed by atoms with E-state index in [1.807, 2.05) is 38.7 Å². The van der Waals surface area contributed by atoms with Crippen molar-refractivity contribution in [2.75, 3.05) is 19.3 Å². The predicted octanol–water partition coefficient (Wildman–Crippen LogP) is 2.20. The molecule has 0 aromatic heterocycles. The van der Waals surface area contributed by atoms with Crippen LogP contribution in [-0.2, 0) is 16.6 Å². The molecule has 6 heteroatoms. The first-order valence-corrected chi connectivity index (χ1v) is 9.83. The maximum absolute atomic E-state index is 12.6. The Morgan fingerprint density at radius 1 is 1.33 bits per heavy atom. The Morgan fingerprint density at radius 2 is 2.10 bits per heavy atom. The molecule has 2 N–H and O–H groups in total. The van der Waals surface area contributed by atoms with Crippen LogP contribution in [0.1, 0.15) is 29.5 Å². The van der Waals surface area contributed by atoms with Crippen molar-refractivity contribution in [3.63, 3.8) is 0 Å². The zero-order valence-electron chi connectivity index (χ0n) is 12.9. The van der Waals surface area contributed by atoms with Crippen molar-refractivity contribution in [3.05, 3.63) is 28.8 Å². The van der Waals surface area contributed by atoms with Crippen molar-refractivity contribution < 1.29 is 8.42 Å². The molecule has 0 spiro atoms. The number of thioether (sulfide) groups is 1. The van der Waals surface area contributed by atoms with Gasteiger partial charge in [-0.25, -0.2) is 13.1 Å². The molecule has 0 radical (unpaired) electrons. The summed E-state index contributed by atoms with van der Waals surface area (Å²) in [6.07, 6.45) is 2.29. The van der Waals surface area contributed by atoms with Crippen molar-refractivity contribution in [2.24, 2.45) is 0 Å². The predicted molar refractivity (Wildman–Crippen MR) is 89.3 cm³/mol. The van der Waals surface area contributed by atoms with E-state index >= 15 is 0 Å². The van der Waals surface area contributed by atoms with E-state index in [0.717, 1.165) is 28.9 Å². The molecule has 0 amide bonds. The fraction of sp³-hybridized carbons (Fsp3) is 0.600. The molecule has 0 saturated carbocycles. The van der Waals surface area contributed by atoms with Crippen LogP contribution in [0, 0.1) is 13.8 Å². The highest BCUT2D eigenvalue weighted by Crippen LogP contribution is 2.26. The minimum absolute atomic E-state index is 0.413. The topological polar surface area (TPSA) is 58.2 Å². The number of sulfonamides is 1. The normalized spacial score (nSPS) is 19.1. The largest absolute Gasteiger partial charge is 0.316 e. The van der Waals surface area contributed by atoms with Crippen LogP contribution in [0.25, 0.3) is 0 Å². The van der Waals surface area contributed by atoms with Crippen molar-refractivity contribution in [2.45, 2.75) is 43.4 Å². The summed E-state index contributed by atoms with van der Waals surface area (Å²) in [5, 5.41) is 3.49. The Morgan fingerprint density at radius 3 is 2.71 bits per heavy atom. The zero-order valence-corrected chi connectivity index (χ0v) is 14.5. The average Bonchev–Trinajstić information content (AvgIpc) is 2.94. The van der Waals surface area contributed by atoms with Gasteiger partial charge in [-0.05, 0) is 62.2 Å². The van der Waals surface area contributed by atoms with Crippen molar-refractivity contribution >= 4 is 21.8 Å². The van der Waals surface area contributed by atoms with E-state index in [0.29, 0.717) is 23.2 Å². The van der Waals surface area contributed by atoms with Crippen LogP contribution in [0.5, 0.6) is 0 Å². The first-order valence-electron chi connectivity index (χ1n) is 7.30. The zero-order chi connectivity index (χ0) is 15.5. The summed E-state index contributed by atoms with van der Waals surface area (Å²) in [4.78, 5) is 0.413. The summed E-state index contributed by atoms with van der Waals surface area (Å²) in [5.74, 6) is 1.14. The molecule has 1 heterocycles. The Hall–Kier alpha value is -0.560. The van der Waals surface area contributed by atoms with Crippen LogP contribution in [0.4, 0.5) is 0 Å². The molecule has 21 heavy (non-hydrogen) atoms. The maximum atomic E-state index is 12.6. The van der Waals surface area contributed by atoms with Crippen LogP contribution < -0.4 is 10.0 Å². The second-order valence-corrected chi connectivity index (χ2v) is 8.70. The SMILES string of the molecule is CNCc1cc(C)c(C)c(S(=O)(=O)NCC2CCCS2)c1. The summed E-state index contributed by atoms with van der Waals surface area (Å²) in [6.45, 7) is 5.03. The highest BCUT2D eigenvalue weighted by atomic mass is 32.2. The molecule has 1 unspecified atom stereocenters. The maximum Gasteiger partial charge on any atom is 0.240 e. The van der Waals surface area contributed by atoms with Gasteiger partial charge in [0.2, 0.25) is 10.0 Å². The van der Waals surface area contributed by atoms with Crippen molar-refractivity contribution in [1.82, 2.24) is 10.0 Å². The smallest absolute Gasteiger partial charge is 0.240 e. The van der Waals surface area contributed by atoms with Gasteiger partial charge in [0.05, 0.1) is 4.90 Å². The summed E-state index contributed by atoms with van der Waals surface area (Å²) in [5.41, 5.74) is 2.84. The van der Waals surface area contributed by atoms with Gasteiger partial charge in [0.15, 0.2) is 0 Å². The van der Waals surface area contributed by atoms with E-state index < -0.39 is 10.0 Å². The third-order valence-electron chi connectivity index (χ3n) is 3.87. The number of nitrogens with one attached hydrogen (secondary N) is 2. The molecule has 2 rings (SSSR count). The lowest BCUT2D eigenvalue weighted by Crippen LogP contribution is -2.30. The first-order chi connectivity index (χ1) is 9.94. The fourth-order valence-electron chi connectivity index (χ4n) is 2.57. The van der Waals surface area contributed by atoms with Gasteiger partial charge in [0, 0.05) is 18.3 Å². The summed E-state index contributed by atoms with van der Waals surface area (Å²) >= 11 is 1.86. The molecule has 118 valence electrons. The summed E-state index contributed by atoms with van der Waals surface area (Å²) < 4.78 is 27.9. The molecule has 1 aliphatic rings. The minimum atomic E-state index is -3.43. The minimum Gasteiger partial charge on any atom is -0.316 e. The van der Waals surface area contributed by atoms with Crippen LogP contribution in [0.15, 0.2) is 17.0 Å². The lowest BCUT2D eigenvalue weighted by atomic mass is 10.1. The molecule has 0 aliphatic carbocycles. The average molecular weight is 329 g/mol. The second-order valence-electron chi connectivity index (χ2n) is 5.55. The molecular weight excluding hydrogens is 304 g/mol. The van der Waals surface area contributed by atoms with Crippen molar-refractivity contribution in [1.29, 1.82) is 0 Å². The van der Waals surface area contributed by atoms with Gasteiger partial charge in [-0.1, -0.05) is 6.07 Å². The van der Waals surface area contributed by atoms with Gasteiger partial charge < -0.3 is 5.32 Å². The van der Waals surface area contributed by atoms with Gasteiger partial charge in [0.1, 0.15) is 0 Å². The van der Waals surface area contributed by atoms with Gasteiger partial charge >= 0.3 is 0 Å². The number of hydrogen-bond donors (Lipinski definition) is 2. The molecule has 1 fully saturated rings. The third kappa shape index (κ3) is 4.22. The Bertz CT molecular complexity index is 594. The van der Waals surface area contributed by atoms with Gasteiger partial charge in [0.25, 0.3) is 0 Å². The lowest BCUT2D eigenvalue weighted by molar-refractivity contribution is 0.578. The quantitative estimate of drug-likeness (QED) is 0.840. The van der Waals surface area contributed by atoms with Crippen LogP contribution >= 0.6 is 11.8 Å². The first kappa shape index (κ1) is 16.8. The summed E-state index contributed by atoms with van der Waals surface area (Å²) in [7, 11) is -1.57. The Balaban J connectivity index is 2.21. The fourth-order valence-corrected chi connectivity index (χ4v) is 5.32. The highest BCUT2D eigenvalue weighted by Gasteiger charge is 2.22. The van der Waals surface area contributed by atoms with Gasteiger partial charge in [-0.3, -0.25) is 0 Å². The molecular formula is C15H24N2O2S2. The van der Waals surface area contributed by atoms with E-state index in [1.165, 1.54) is 6.42 Å². The molecule has 0 bridgehead atoms. The van der Waals surface area contributed by atoms with Crippen LogP contribution in [0.2, 0.25) is 0 Å². The Kier molecular flexibility index (Phi) is 5.71. The Labute approximate surface area is 132 Å². The van der Waals surface area contributed by atoms with E-state index in [2.05, 4.69) is 10.0 Å². The number of benzene rings is 1. The van der Waals surface area contributed by atoms with E-state index in [4.69, 9.17) is 0 Å². The molecule has 4 nitrogen and oxygen atoms in total. The second kappa shape index (κ2) is 7.13. The van der Waals surface area contributed by atoms with Gasteiger partial charge in [-0.15, -0.1) is 0 Å². The molecule has 1 atom stereocenters. The third-order valence-corrected chi connectivity index (χ3v) is 6.82. The van der Waals surface area contributed by atoms with E-state index in [1.54, 1.807) is 6.07 Å². The lowest BCUT2D eigenvalue weighted by Gasteiger charge is -2.15. The van der Waals surface area contributed by atoms with E-state index in [-0.39, 0.29) is 0 Å². The van der Waals surface area contributed by atoms with Crippen LogP contribution in [-0.4, -0.2) is 33.0 Å². The molecule has 1 saturated heterocycles. The monoisotopic (exact) mass is 328 g/mol. The number of hydrogen-bond acceptors (Lipinski definition) is 4. The van der Waals surface area contributed by atoms with Gasteiger partial charge in [-0.2, -0.15) is 11.8 Å². The highest BCUT2D eigenvalue weighted by molar-refractivity contribution is 8.00.